The van der Waals surface area contributed by atoms with Gasteiger partial charge in [-0.1, -0.05) is 18.2 Å². The second-order valence-electron chi connectivity index (χ2n) is 5.94. The highest BCUT2D eigenvalue weighted by atomic mass is 79.9. The van der Waals surface area contributed by atoms with E-state index < -0.39 is 0 Å². The van der Waals surface area contributed by atoms with Crippen LogP contribution in [0.5, 0.6) is 11.5 Å². The van der Waals surface area contributed by atoms with E-state index in [1.165, 1.54) is 17.0 Å². The first-order valence-electron chi connectivity index (χ1n) is 8.71. The second-order valence-corrected chi connectivity index (χ2v) is 7.82. The molecule has 0 radical (unpaired) electrons. The normalized spacial score (nSPS) is 10.8. The van der Waals surface area contributed by atoms with E-state index in [2.05, 4.69) is 38.8 Å². The van der Waals surface area contributed by atoms with Gasteiger partial charge in [0.15, 0.2) is 11.5 Å². The lowest BCUT2D eigenvalue weighted by molar-refractivity contribution is 0.267. The fraction of sp³-hybridized carbons (Fsp3) is 0.238. The maximum absolute atomic E-state index is 13.0. The van der Waals surface area contributed by atoms with Crippen LogP contribution in [-0.2, 0) is 19.7 Å². The minimum Gasteiger partial charge on any atom is -0.490 e. The van der Waals surface area contributed by atoms with E-state index in [-0.39, 0.29) is 5.82 Å². The fourth-order valence-corrected chi connectivity index (χ4v) is 3.88. The standard InChI is InChI=1S/C21H21BrFNO2S/c1-2-25-20-11-16(12-24-13-18-4-3-9-27-18)10-19(22)21(20)26-14-15-5-7-17(23)8-6-15/h3-11,24H,2,12-14H2,1H3. The van der Waals surface area contributed by atoms with Crippen LogP contribution in [0.4, 0.5) is 4.39 Å². The van der Waals surface area contributed by atoms with Crippen molar-refractivity contribution in [3.05, 3.63) is 80.2 Å². The Morgan fingerprint density at radius 1 is 1.04 bits per heavy atom. The summed E-state index contributed by atoms with van der Waals surface area (Å²) in [6.07, 6.45) is 0. The topological polar surface area (TPSA) is 30.5 Å². The highest BCUT2D eigenvalue weighted by Gasteiger charge is 2.13. The predicted molar refractivity (Wildman–Crippen MR) is 111 cm³/mol. The Morgan fingerprint density at radius 2 is 1.85 bits per heavy atom. The van der Waals surface area contributed by atoms with Gasteiger partial charge in [0.25, 0.3) is 0 Å². The molecule has 27 heavy (non-hydrogen) atoms. The van der Waals surface area contributed by atoms with Crippen molar-refractivity contribution in [3.8, 4) is 11.5 Å². The van der Waals surface area contributed by atoms with E-state index in [4.69, 9.17) is 9.47 Å². The van der Waals surface area contributed by atoms with Gasteiger partial charge in [-0.2, -0.15) is 0 Å². The summed E-state index contributed by atoms with van der Waals surface area (Å²) in [5.74, 6) is 1.10. The Balaban J connectivity index is 1.68. The van der Waals surface area contributed by atoms with Gasteiger partial charge in [0.05, 0.1) is 11.1 Å². The zero-order chi connectivity index (χ0) is 19.1. The first-order valence-corrected chi connectivity index (χ1v) is 10.4. The summed E-state index contributed by atoms with van der Waals surface area (Å²) in [6, 6.07) is 14.5. The summed E-state index contributed by atoms with van der Waals surface area (Å²) in [5.41, 5.74) is 2.00. The lowest BCUT2D eigenvalue weighted by atomic mass is 10.2. The lowest BCUT2D eigenvalue weighted by Gasteiger charge is -2.16. The summed E-state index contributed by atoms with van der Waals surface area (Å²) in [5, 5.41) is 5.52. The molecule has 1 N–H and O–H groups in total. The molecule has 3 nitrogen and oxygen atoms in total. The Kier molecular flexibility index (Phi) is 7.26. The van der Waals surface area contributed by atoms with Crippen LogP contribution in [0.2, 0.25) is 0 Å². The molecule has 1 aromatic heterocycles. The number of hydrogen-bond donors (Lipinski definition) is 1. The fourth-order valence-electron chi connectivity index (χ4n) is 2.61. The molecule has 0 atom stereocenters. The van der Waals surface area contributed by atoms with E-state index in [9.17, 15) is 4.39 Å². The van der Waals surface area contributed by atoms with Crippen molar-refractivity contribution in [3.63, 3.8) is 0 Å². The van der Waals surface area contributed by atoms with Gasteiger partial charge in [0.1, 0.15) is 12.4 Å². The van der Waals surface area contributed by atoms with Crippen molar-refractivity contribution in [1.29, 1.82) is 0 Å². The van der Waals surface area contributed by atoms with E-state index in [0.717, 1.165) is 28.7 Å². The zero-order valence-corrected chi connectivity index (χ0v) is 17.4. The van der Waals surface area contributed by atoms with Gasteiger partial charge < -0.3 is 14.8 Å². The quantitative estimate of drug-likeness (QED) is 0.439. The molecule has 0 amide bonds. The van der Waals surface area contributed by atoms with Crippen molar-refractivity contribution >= 4 is 27.3 Å². The summed E-state index contributed by atoms with van der Waals surface area (Å²) in [6.45, 7) is 4.40. The molecule has 0 aliphatic carbocycles. The maximum Gasteiger partial charge on any atom is 0.175 e. The molecule has 6 heteroatoms. The van der Waals surface area contributed by atoms with Gasteiger partial charge in [0.2, 0.25) is 0 Å². The minimum absolute atomic E-state index is 0.255. The Bertz CT molecular complexity index is 853. The van der Waals surface area contributed by atoms with Crippen molar-refractivity contribution in [1.82, 2.24) is 5.32 Å². The molecule has 0 aliphatic rings. The number of nitrogens with one attached hydrogen (secondary N) is 1. The summed E-state index contributed by atoms with van der Waals surface area (Å²) >= 11 is 5.33. The third-order valence-electron chi connectivity index (χ3n) is 3.87. The summed E-state index contributed by atoms with van der Waals surface area (Å²) in [7, 11) is 0. The molecule has 0 saturated heterocycles. The largest absolute Gasteiger partial charge is 0.490 e. The van der Waals surface area contributed by atoms with Gasteiger partial charge in [-0.25, -0.2) is 4.39 Å². The third kappa shape index (κ3) is 5.79. The molecule has 0 fully saturated rings. The average molecular weight is 450 g/mol. The average Bonchev–Trinajstić information content (AvgIpc) is 3.16. The molecule has 142 valence electrons. The van der Waals surface area contributed by atoms with Gasteiger partial charge in [0, 0.05) is 18.0 Å². The zero-order valence-electron chi connectivity index (χ0n) is 15.0. The van der Waals surface area contributed by atoms with Crippen LogP contribution in [0.25, 0.3) is 0 Å². The van der Waals surface area contributed by atoms with E-state index in [0.29, 0.717) is 24.7 Å². The van der Waals surface area contributed by atoms with Crippen LogP contribution in [0.15, 0.2) is 58.4 Å². The van der Waals surface area contributed by atoms with Crippen molar-refractivity contribution in [2.24, 2.45) is 0 Å². The Labute approximate surface area is 171 Å². The van der Waals surface area contributed by atoms with Gasteiger partial charge in [-0.15, -0.1) is 11.3 Å². The number of thiophene rings is 1. The molecule has 1 heterocycles. The smallest absolute Gasteiger partial charge is 0.175 e. The molecule has 3 rings (SSSR count). The van der Waals surface area contributed by atoms with Crippen molar-refractivity contribution in [2.75, 3.05) is 6.61 Å². The first-order chi connectivity index (χ1) is 13.2. The number of halogens is 2. The van der Waals surface area contributed by atoms with Gasteiger partial charge >= 0.3 is 0 Å². The molecule has 0 aliphatic heterocycles. The molecule has 0 bridgehead atoms. The van der Waals surface area contributed by atoms with Crippen molar-refractivity contribution < 1.29 is 13.9 Å². The number of benzene rings is 2. The molecular weight excluding hydrogens is 429 g/mol. The van der Waals surface area contributed by atoms with Crippen LogP contribution >= 0.6 is 27.3 Å². The van der Waals surface area contributed by atoms with Crippen LogP contribution in [0.3, 0.4) is 0 Å². The van der Waals surface area contributed by atoms with Crippen LogP contribution in [0.1, 0.15) is 22.9 Å². The second kappa shape index (κ2) is 9.88. The van der Waals surface area contributed by atoms with E-state index >= 15 is 0 Å². The number of hydrogen-bond acceptors (Lipinski definition) is 4. The maximum atomic E-state index is 13.0. The summed E-state index contributed by atoms with van der Waals surface area (Å²) < 4.78 is 25.6. The number of rotatable bonds is 9. The molecule has 0 unspecified atom stereocenters. The van der Waals surface area contributed by atoms with Crippen molar-refractivity contribution in [2.45, 2.75) is 26.6 Å². The Hall–Kier alpha value is -1.89. The van der Waals surface area contributed by atoms with Crippen LogP contribution in [0, 0.1) is 5.82 Å². The van der Waals surface area contributed by atoms with Crippen LogP contribution < -0.4 is 14.8 Å². The highest BCUT2D eigenvalue weighted by Crippen LogP contribution is 2.37. The minimum atomic E-state index is -0.255. The Morgan fingerprint density at radius 3 is 2.56 bits per heavy atom. The van der Waals surface area contributed by atoms with Crippen LogP contribution in [-0.4, -0.2) is 6.61 Å². The lowest BCUT2D eigenvalue weighted by Crippen LogP contribution is -2.12. The van der Waals surface area contributed by atoms with E-state index in [1.54, 1.807) is 23.5 Å². The van der Waals surface area contributed by atoms with E-state index in [1.807, 2.05) is 19.1 Å². The first kappa shape index (κ1) is 19.9. The molecule has 0 saturated carbocycles. The van der Waals surface area contributed by atoms with Gasteiger partial charge in [-0.3, -0.25) is 0 Å². The predicted octanol–water partition coefficient (Wildman–Crippen LogP) is 5.92. The highest BCUT2D eigenvalue weighted by molar-refractivity contribution is 9.10. The third-order valence-corrected chi connectivity index (χ3v) is 5.34. The molecule has 3 aromatic rings. The molecule has 0 spiro atoms. The monoisotopic (exact) mass is 449 g/mol. The SMILES string of the molecule is CCOc1cc(CNCc2cccs2)cc(Br)c1OCc1ccc(F)cc1. The number of ether oxygens (including phenoxy) is 2. The summed E-state index contributed by atoms with van der Waals surface area (Å²) in [4.78, 5) is 1.30. The molecule has 2 aromatic carbocycles. The molecular formula is C21H21BrFNO2S. The van der Waals surface area contributed by atoms with Gasteiger partial charge in [-0.05, 0) is 69.7 Å².